The van der Waals surface area contributed by atoms with E-state index in [1.165, 1.54) is 0 Å². The quantitative estimate of drug-likeness (QED) is 0.742. The van der Waals surface area contributed by atoms with E-state index in [0.29, 0.717) is 25.3 Å². The van der Waals surface area contributed by atoms with Crippen LogP contribution >= 0.6 is 0 Å². The molecule has 0 radical (unpaired) electrons. The Kier molecular flexibility index (Phi) is 6.76. The van der Waals surface area contributed by atoms with Gasteiger partial charge in [-0.1, -0.05) is 0 Å². The number of nitrogens with one attached hydrogen (secondary N) is 2. The molecule has 0 fully saturated rings. The molecule has 2 N–H and O–H groups in total. The van der Waals surface area contributed by atoms with Crippen molar-refractivity contribution in [1.82, 2.24) is 5.32 Å². The Hall–Kier alpha value is -1.88. The maximum Gasteiger partial charge on any atom is 0.275 e. The standard InChI is InChI=1S/C18H28N2O3/c1-7-23-16-9-8-14(13(2)21)10-15(16)11-20(6)12-17(22)19-18(3,4)5/h8-10H,7,11-12H2,1-6H3,(H,19,22)/p+1. The number of amides is 1. The van der Waals surface area contributed by atoms with Gasteiger partial charge >= 0.3 is 0 Å². The maximum atomic E-state index is 12.0. The zero-order valence-corrected chi connectivity index (χ0v) is 15.1. The highest BCUT2D eigenvalue weighted by molar-refractivity contribution is 5.94. The van der Waals surface area contributed by atoms with E-state index in [4.69, 9.17) is 4.74 Å². The van der Waals surface area contributed by atoms with Crippen molar-refractivity contribution in [1.29, 1.82) is 0 Å². The third-order valence-electron chi connectivity index (χ3n) is 3.24. The van der Waals surface area contributed by atoms with Crippen LogP contribution in [0.5, 0.6) is 5.75 Å². The molecule has 1 amide bonds. The number of ketones is 1. The van der Waals surface area contributed by atoms with Crippen molar-refractivity contribution in [2.24, 2.45) is 0 Å². The van der Waals surface area contributed by atoms with Crippen LogP contribution in [0.25, 0.3) is 0 Å². The van der Waals surface area contributed by atoms with Crippen LogP contribution in [-0.2, 0) is 11.3 Å². The average molecular weight is 321 g/mol. The van der Waals surface area contributed by atoms with Crippen LogP contribution in [0.2, 0.25) is 0 Å². The minimum absolute atomic E-state index is 0.00989. The van der Waals surface area contributed by atoms with Crippen molar-refractivity contribution < 1.29 is 19.2 Å². The first-order valence-electron chi connectivity index (χ1n) is 8.01. The number of carbonyl (C=O) groups is 2. The molecular formula is C18H29N2O3+. The second-order valence-electron chi connectivity index (χ2n) is 6.92. The van der Waals surface area contributed by atoms with Crippen LogP contribution in [0, 0.1) is 0 Å². The highest BCUT2D eigenvalue weighted by atomic mass is 16.5. The van der Waals surface area contributed by atoms with Gasteiger partial charge in [0.2, 0.25) is 0 Å². The van der Waals surface area contributed by atoms with Crippen molar-refractivity contribution in [2.75, 3.05) is 20.2 Å². The zero-order chi connectivity index (χ0) is 17.6. The SMILES string of the molecule is CCOc1ccc(C(C)=O)cc1C[NH+](C)CC(=O)NC(C)(C)C. The Bertz CT molecular complexity index is 562. The lowest BCUT2D eigenvalue weighted by atomic mass is 10.1. The van der Waals surface area contributed by atoms with Crippen molar-refractivity contribution in [3.63, 3.8) is 0 Å². The molecule has 0 spiro atoms. The number of carbonyl (C=O) groups excluding carboxylic acids is 2. The van der Waals surface area contributed by atoms with E-state index in [1.54, 1.807) is 13.0 Å². The molecule has 0 aliphatic carbocycles. The van der Waals surface area contributed by atoms with Gasteiger partial charge in [0.1, 0.15) is 12.3 Å². The monoisotopic (exact) mass is 321 g/mol. The molecule has 1 rings (SSSR count). The Balaban J connectivity index is 2.82. The molecule has 0 saturated heterocycles. The molecule has 23 heavy (non-hydrogen) atoms. The van der Waals surface area contributed by atoms with E-state index in [1.807, 2.05) is 46.9 Å². The van der Waals surface area contributed by atoms with Crippen molar-refractivity contribution >= 4 is 11.7 Å². The number of ether oxygens (including phenoxy) is 1. The molecule has 1 atom stereocenters. The highest BCUT2D eigenvalue weighted by Gasteiger charge is 2.18. The summed E-state index contributed by atoms with van der Waals surface area (Å²) in [6.07, 6.45) is 0. The fourth-order valence-electron chi connectivity index (χ4n) is 2.36. The molecule has 1 unspecified atom stereocenters. The number of quaternary nitrogens is 1. The summed E-state index contributed by atoms with van der Waals surface area (Å²) in [4.78, 5) is 24.6. The predicted molar refractivity (Wildman–Crippen MR) is 91.0 cm³/mol. The van der Waals surface area contributed by atoms with Gasteiger partial charge in [-0.15, -0.1) is 0 Å². The lowest BCUT2D eigenvalue weighted by Gasteiger charge is -2.22. The Labute approximate surface area is 139 Å². The molecule has 0 aromatic heterocycles. The van der Waals surface area contributed by atoms with E-state index >= 15 is 0 Å². The van der Waals surface area contributed by atoms with Gasteiger partial charge in [-0.3, -0.25) is 9.59 Å². The van der Waals surface area contributed by atoms with E-state index in [2.05, 4.69) is 5.32 Å². The molecule has 5 nitrogen and oxygen atoms in total. The molecule has 0 saturated carbocycles. The average Bonchev–Trinajstić information content (AvgIpc) is 2.38. The molecule has 5 heteroatoms. The molecule has 1 aromatic rings. The van der Waals surface area contributed by atoms with Gasteiger partial charge in [-0.25, -0.2) is 0 Å². The fourth-order valence-corrected chi connectivity index (χ4v) is 2.36. The van der Waals surface area contributed by atoms with E-state index in [0.717, 1.165) is 16.2 Å². The molecule has 0 bridgehead atoms. The van der Waals surface area contributed by atoms with Gasteiger partial charge < -0.3 is 15.0 Å². The third-order valence-corrected chi connectivity index (χ3v) is 3.24. The molecule has 0 aliphatic heterocycles. The summed E-state index contributed by atoms with van der Waals surface area (Å²) in [6.45, 7) is 10.9. The fraction of sp³-hybridized carbons (Fsp3) is 0.556. The predicted octanol–water partition coefficient (Wildman–Crippen LogP) is 1.22. The number of benzene rings is 1. The minimum atomic E-state index is -0.234. The Morgan fingerprint density at radius 1 is 1.26 bits per heavy atom. The number of likely N-dealkylation sites (N-methyl/N-ethyl adjacent to an activating group) is 1. The Morgan fingerprint density at radius 2 is 1.91 bits per heavy atom. The first kappa shape index (κ1) is 19.2. The lowest BCUT2D eigenvalue weighted by Crippen LogP contribution is -3.09. The topological polar surface area (TPSA) is 59.8 Å². The smallest absolute Gasteiger partial charge is 0.275 e. The number of rotatable bonds is 7. The van der Waals surface area contributed by atoms with Crippen LogP contribution in [0.1, 0.15) is 50.5 Å². The first-order valence-corrected chi connectivity index (χ1v) is 8.01. The van der Waals surface area contributed by atoms with Gasteiger partial charge in [-0.2, -0.15) is 0 Å². The van der Waals surface area contributed by atoms with Crippen molar-refractivity contribution in [3.8, 4) is 5.75 Å². The normalized spacial score (nSPS) is 12.6. The van der Waals surface area contributed by atoms with E-state index < -0.39 is 0 Å². The summed E-state index contributed by atoms with van der Waals surface area (Å²) in [5.41, 5.74) is 1.37. The summed E-state index contributed by atoms with van der Waals surface area (Å²) in [7, 11) is 1.96. The molecule has 0 heterocycles. The Morgan fingerprint density at radius 3 is 2.43 bits per heavy atom. The lowest BCUT2D eigenvalue weighted by molar-refractivity contribution is -0.885. The van der Waals surface area contributed by atoms with Crippen LogP contribution in [0.4, 0.5) is 0 Å². The van der Waals surface area contributed by atoms with Gasteiger partial charge in [0.15, 0.2) is 12.3 Å². The summed E-state index contributed by atoms with van der Waals surface area (Å²) < 4.78 is 5.63. The van der Waals surface area contributed by atoms with Crippen molar-refractivity contribution in [3.05, 3.63) is 29.3 Å². The molecule has 128 valence electrons. The summed E-state index contributed by atoms with van der Waals surface area (Å²) in [5, 5.41) is 2.96. The summed E-state index contributed by atoms with van der Waals surface area (Å²) >= 11 is 0. The first-order chi connectivity index (χ1) is 10.6. The summed E-state index contributed by atoms with van der Waals surface area (Å²) in [6, 6.07) is 5.47. The maximum absolute atomic E-state index is 12.0. The third kappa shape index (κ3) is 6.82. The van der Waals surface area contributed by atoms with Gasteiger partial charge in [0.25, 0.3) is 5.91 Å². The van der Waals surface area contributed by atoms with Gasteiger partial charge in [-0.05, 0) is 52.8 Å². The van der Waals surface area contributed by atoms with Crippen LogP contribution < -0.4 is 15.0 Å². The zero-order valence-electron chi connectivity index (χ0n) is 15.1. The van der Waals surface area contributed by atoms with Gasteiger partial charge in [0, 0.05) is 16.7 Å². The van der Waals surface area contributed by atoms with E-state index in [-0.39, 0.29) is 17.2 Å². The number of Topliss-reactive ketones (excluding diaryl/α,β-unsaturated/α-hetero) is 1. The minimum Gasteiger partial charge on any atom is -0.493 e. The molecular weight excluding hydrogens is 292 g/mol. The molecule has 0 aliphatic rings. The number of hydrogen-bond donors (Lipinski definition) is 2. The number of hydrogen-bond acceptors (Lipinski definition) is 3. The summed E-state index contributed by atoms with van der Waals surface area (Å²) in [5.74, 6) is 0.807. The second-order valence-corrected chi connectivity index (χ2v) is 6.92. The highest BCUT2D eigenvalue weighted by Crippen LogP contribution is 2.20. The van der Waals surface area contributed by atoms with Crippen LogP contribution in [0.15, 0.2) is 18.2 Å². The second kappa shape index (κ2) is 8.11. The van der Waals surface area contributed by atoms with Crippen LogP contribution in [-0.4, -0.2) is 37.4 Å². The van der Waals surface area contributed by atoms with Crippen LogP contribution in [0.3, 0.4) is 0 Å². The van der Waals surface area contributed by atoms with Gasteiger partial charge in [0.05, 0.1) is 13.7 Å². The van der Waals surface area contributed by atoms with Crippen molar-refractivity contribution in [2.45, 2.75) is 46.7 Å². The molecule has 1 aromatic carbocycles. The largest absolute Gasteiger partial charge is 0.493 e. The van der Waals surface area contributed by atoms with E-state index in [9.17, 15) is 9.59 Å².